The summed E-state index contributed by atoms with van der Waals surface area (Å²) in [5.41, 5.74) is 0. The van der Waals surface area contributed by atoms with Crippen molar-refractivity contribution in [2.75, 3.05) is 0 Å². The Morgan fingerprint density at radius 3 is 1.59 bits per heavy atom. The molecule has 1 nitrogen and oxygen atoms in total. The molecule has 180 valence electrons. The number of hydrogen-bond donors (Lipinski definition) is 1. The number of phenols is 1. The summed E-state index contributed by atoms with van der Waals surface area (Å²) in [6, 6.07) is 27.3. The van der Waals surface area contributed by atoms with Crippen LogP contribution >= 0.6 is 48.0 Å². The Bertz CT molecular complexity index is 1200. The first kappa shape index (κ1) is 35.1. The molecule has 7 heteroatoms. The summed E-state index contributed by atoms with van der Waals surface area (Å²) >= 11 is 13.8. The van der Waals surface area contributed by atoms with Crippen molar-refractivity contribution in [2.45, 2.75) is 13.8 Å². The van der Waals surface area contributed by atoms with Crippen LogP contribution < -0.4 is 0 Å². The first-order valence-electron chi connectivity index (χ1n) is 9.88. The van der Waals surface area contributed by atoms with Crippen LogP contribution in [0.5, 0.6) is 5.75 Å². The molecule has 0 aromatic heterocycles. The van der Waals surface area contributed by atoms with E-state index >= 15 is 0 Å². The molecule has 2 radical (unpaired) electrons. The average molecular weight is 585 g/mol. The minimum absolute atomic E-state index is 0. The van der Waals surface area contributed by atoms with E-state index in [1.54, 1.807) is 45.2 Å². The van der Waals surface area contributed by atoms with Crippen LogP contribution in [0.4, 0.5) is 0 Å². The number of fused-ring (bicyclic) bond motifs is 4. The van der Waals surface area contributed by atoms with Gasteiger partial charge in [0.05, 0.1) is 0 Å². The molecule has 0 heterocycles. The van der Waals surface area contributed by atoms with E-state index in [1.807, 2.05) is 66.7 Å². The van der Waals surface area contributed by atoms with Crippen LogP contribution in [-0.4, -0.2) is 12.7 Å². The molecule has 5 aromatic rings. The zero-order valence-electron chi connectivity index (χ0n) is 19.0. The van der Waals surface area contributed by atoms with Gasteiger partial charge < -0.3 is 19.0 Å². The Morgan fingerprint density at radius 2 is 1.12 bits per heavy atom. The standard InChI is InChI=1S/C13H7Cl2.C10H8O.2C2H5.2ClH.Si.Ti/c14-10-3-1-8-5-9-2-4-11(15)7-13(9)12(8)6-10;11-10-6-5-8-3-1-2-4-9(8)7-10;2*1-2;;;;/h1-7H;1-7,11H;2*1H2,2H3;2*1H;;/q-1;;2*-1;;;;. The fourth-order valence-electron chi connectivity index (χ4n) is 3.12. The Kier molecular flexibility index (Phi) is 19.7. The van der Waals surface area contributed by atoms with E-state index in [0.29, 0.717) is 5.75 Å². The van der Waals surface area contributed by atoms with E-state index in [-0.39, 0.29) is 24.8 Å². The van der Waals surface area contributed by atoms with E-state index in [2.05, 4.69) is 27.5 Å². The molecule has 0 fully saturated rings. The van der Waals surface area contributed by atoms with Crippen molar-refractivity contribution in [1.29, 1.82) is 0 Å². The van der Waals surface area contributed by atoms with E-state index in [1.165, 1.54) is 21.5 Å². The van der Waals surface area contributed by atoms with Crippen molar-refractivity contribution in [1.82, 2.24) is 0 Å². The number of rotatable bonds is 0. The van der Waals surface area contributed by atoms with Crippen LogP contribution in [0.2, 0.25) is 10.0 Å². The normalized spacial score (nSPS) is 8.74. The molecule has 0 spiro atoms. The zero-order chi connectivity index (χ0) is 24.1. The summed E-state index contributed by atoms with van der Waals surface area (Å²) in [5, 5.41) is 17.6. The average Bonchev–Trinajstić information content (AvgIpc) is 3.20. The molecule has 0 unspecified atom stereocenters. The molecule has 0 aliphatic rings. The van der Waals surface area contributed by atoms with Crippen molar-refractivity contribution < 1.29 is 24.3 Å². The molecule has 5 rings (SSSR count). The molecule has 0 atom stereocenters. The fourth-order valence-corrected chi connectivity index (χ4v) is 3.46. The van der Waals surface area contributed by atoms with Gasteiger partial charge >= 0.3 is 26.8 Å². The maximum atomic E-state index is 9.13. The van der Waals surface area contributed by atoms with Gasteiger partial charge in [-0.2, -0.15) is 13.8 Å². The van der Waals surface area contributed by atoms with Gasteiger partial charge in [-0.25, -0.2) is 0 Å². The predicted molar refractivity (Wildman–Crippen MR) is 155 cm³/mol. The molecule has 34 heavy (non-hydrogen) atoms. The van der Waals surface area contributed by atoms with Crippen LogP contribution in [0.3, 0.4) is 0 Å². The van der Waals surface area contributed by atoms with Gasteiger partial charge in [-0.05, 0) is 22.9 Å². The first-order chi connectivity index (χ1) is 15.6. The van der Waals surface area contributed by atoms with Crippen molar-refractivity contribution in [3.05, 3.63) is 109 Å². The van der Waals surface area contributed by atoms with Crippen LogP contribution in [0.25, 0.3) is 32.3 Å². The van der Waals surface area contributed by atoms with Crippen molar-refractivity contribution in [3.63, 3.8) is 0 Å². The Morgan fingerprint density at radius 1 is 0.676 bits per heavy atom. The number of benzene rings is 4. The predicted octanol–water partition coefficient (Wildman–Crippen LogP) is 9.71. The number of halogens is 4. The summed E-state index contributed by atoms with van der Waals surface area (Å²) in [4.78, 5) is 0. The summed E-state index contributed by atoms with van der Waals surface area (Å²) in [5.74, 6) is 0.323. The summed E-state index contributed by atoms with van der Waals surface area (Å²) in [6.07, 6.45) is 0. The number of aromatic hydroxyl groups is 1. The molecule has 0 aliphatic carbocycles. The Balaban J connectivity index is 0. The van der Waals surface area contributed by atoms with Crippen LogP contribution in [0.1, 0.15) is 13.8 Å². The zero-order valence-corrected chi connectivity index (χ0v) is 24.7. The molecule has 0 aliphatic heterocycles. The van der Waals surface area contributed by atoms with Gasteiger partial charge in [-0.15, -0.1) is 64.6 Å². The Hall–Kier alpha value is -1.10. The van der Waals surface area contributed by atoms with E-state index in [0.717, 1.165) is 20.8 Å². The Labute approximate surface area is 239 Å². The van der Waals surface area contributed by atoms with Crippen molar-refractivity contribution in [2.24, 2.45) is 0 Å². The van der Waals surface area contributed by atoms with Crippen molar-refractivity contribution in [3.8, 4) is 5.75 Å². The molecular weight excluding hydrogens is 558 g/mol. The molecule has 1 N–H and O–H groups in total. The summed E-state index contributed by atoms with van der Waals surface area (Å²) < 4.78 is 0. The SMILES string of the molecule is Cl.Cl.Clc1ccc2[cH-]c3ccc(Cl)cc3c2c1.Oc1ccc2ccccc2c1.[CH2-]C.[CH2-]C.[Si]=[Ti]. The van der Waals surface area contributed by atoms with Gasteiger partial charge in [0.2, 0.25) is 0 Å². The molecule has 0 saturated carbocycles. The number of phenolic OH excluding ortho intramolecular Hbond substituents is 1. The van der Waals surface area contributed by atoms with Crippen molar-refractivity contribution >= 4 is 88.0 Å². The third kappa shape index (κ3) is 9.87. The third-order valence-corrected chi connectivity index (χ3v) is 4.84. The van der Waals surface area contributed by atoms with Crippen LogP contribution in [0, 0.1) is 13.8 Å². The van der Waals surface area contributed by atoms with Crippen LogP contribution in [-0.2, 0) is 19.2 Å². The maximum absolute atomic E-state index is 9.13. The monoisotopic (exact) mass is 583 g/mol. The van der Waals surface area contributed by atoms with Gasteiger partial charge in [-0.3, -0.25) is 0 Å². The molecule has 0 saturated heterocycles. The molecule has 5 aromatic carbocycles. The van der Waals surface area contributed by atoms with Gasteiger partial charge in [0.15, 0.2) is 0 Å². The molecule has 0 bridgehead atoms. The van der Waals surface area contributed by atoms with Gasteiger partial charge in [0, 0.05) is 10.0 Å². The molecular formula is C27H27Cl4OSiTi-3. The van der Waals surface area contributed by atoms with E-state index in [9.17, 15) is 0 Å². The van der Waals surface area contributed by atoms with Gasteiger partial charge in [0.25, 0.3) is 0 Å². The first-order valence-corrected chi connectivity index (χ1v) is 13.5. The van der Waals surface area contributed by atoms with E-state index in [4.69, 9.17) is 28.3 Å². The van der Waals surface area contributed by atoms with E-state index < -0.39 is 0 Å². The topological polar surface area (TPSA) is 20.2 Å². The second-order valence-electron chi connectivity index (χ2n) is 6.14. The second kappa shape index (κ2) is 19.1. The van der Waals surface area contributed by atoms with Crippen LogP contribution in [0.15, 0.2) is 84.9 Å². The quantitative estimate of drug-likeness (QED) is 0.142. The summed E-state index contributed by atoms with van der Waals surface area (Å²) in [6.45, 7) is 10.0. The second-order valence-corrected chi connectivity index (χ2v) is 7.01. The fraction of sp³-hybridized carbons (Fsp3) is 0.0741. The minimum atomic E-state index is 0. The van der Waals surface area contributed by atoms with Gasteiger partial charge in [-0.1, -0.05) is 77.8 Å². The molecule has 0 amide bonds. The van der Waals surface area contributed by atoms with Gasteiger partial charge in [0.1, 0.15) is 5.75 Å². The third-order valence-electron chi connectivity index (χ3n) is 4.36. The summed E-state index contributed by atoms with van der Waals surface area (Å²) in [7, 11) is 2.97. The number of hydrogen-bond acceptors (Lipinski definition) is 1.